The molecule has 0 spiro atoms. The second-order valence-corrected chi connectivity index (χ2v) is 6.09. The molecule has 0 radical (unpaired) electrons. The predicted octanol–water partition coefficient (Wildman–Crippen LogP) is 5.54. The fraction of sp³-hybridized carbons (Fsp3) is 0.333. The normalized spacial score (nSPS) is 12.7. The van der Waals surface area contributed by atoms with Gasteiger partial charge in [0.15, 0.2) is 0 Å². The van der Waals surface area contributed by atoms with Crippen molar-refractivity contribution in [3.8, 4) is 0 Å². The number of furan rings is 1. The lowest BCUT2D eigenvalue weighted by molar-refractivity contribution is 0.499. The first-order chi connectivity index (χ1) is 8.49. The molecule has 0 aliphatic heterocycles. The highest BCUT2D eigenvalue weighted by molar-refractivity contribution is 9.09. The smallest absolute Gasteiger partial charge is 0.105 e. The van der Waals surface area contributed by atoms with Gasteiger partial charge in [-0.3, -0.25) is 0 Å². The highest BCUT2D eigenvalue weighted by Gasteiger charge is 2.18. The summed E-state index contributed by atoms with van der Waals surface area (Å²) >= 11 is 9.66. The molecule has 96 valence electrons. The second-order valence-electron chi connectivity index (χ2n) is 4.55. The summed E-state index contributed by atoms with van der Waals surface area (Å²) in [6.45, 7) is 6.14. The standard InChI is InChI=1S/C15H16BrClO/c1-9-10(2)18-11(3)15(9)14(16)8-12-4-6-13(17)7-5-12/h4-7,14H,8H2,1-3H3. The fourth-order valence-corrected chi connectivity index (χ4v) is 3.37. The third kappa shape index (κ3) is 2.81. The van der Waals surface area contributed by atoms with Gasteiger partial charge >= 0.3 is 0 Å². The first-order valence-corrected chi connectivity index (χ1v) is 7.23. The minimum absolute atomic E-state index is 0.274. The minimum Gasteiger partial charge on any atom is -0.466 e. The van der Waals surface area contributed by atoms with E-state index in [4.69, 9.17) is 16.0 Å². The van der Waals surface area contributed by atoms with Crippen molar-refractivity contribution in [3.63, 3.8) is 0 Å². The third-order valence-corrected chi connectivity index (χ3v) is 4.29. The van der Waals surface area contributed by atoms with Crippen molar-refractivity contribution < 1.29 is 4.42 Å². The maximum Gasteiger partial charge on any atom is 0.105 e. The van der Waals surface area contributed by atoms with Gasteiger partial charge in [-0.1, -0.05) is 39.7 Å². The molecule has 0 fully saturated rings. The van der Waals surface area contributed by atoms with Crippen LogP contribution in [0.1, 0.15) is 33.0 Å². The van der Waals surface area contributed by atoms with Gasteiger partial charge in [-0.15, -0.1) is 0 Å². The average molecular weight is 328 g/mol. The third-order valence-electron chi connectivity index (χ3n) is 3.26. The number of hydrogen-bond donors (Lipinski definition) is 0. The Labute approximate surface area is 121 Å². The predicted molar refractivity (Wildman–Crippen MR) is 79.7 cm³/mol. The largest absolute Gasteiger partial charge is 0.466 e. The van der Waals surface area contributed by atoms with Crippen LogP contribution in [0.2, 0.25) is 5.02 Å². The van der Waals surface area contributed by atoms with Crippen LogP contribution in [-0.2, 0) is 6.42 Å². The first kappa shape index (κ1) is 13.7. The monoisotopic (exact) mass is 326 g/mol. The van der Waals surface area contributed by atoms with Gasteiger partial charge in [0.25, 0.3) is 0 Å². The van der Waals surface area contributed by atoms with Crippen molar-refractivity contribution in [2.24, 2.45) is 0 Å². The van der Waals surface area contributed by atoms with E-state index in [1.54, 1.807) is 0 Å². The Morgan fingerprint density at radius 3 is 2.22 bits per heavy atom. The summed E-state index contributed by atoms with van der Waals surface area (Å²) in [6.07, 6.45) is 0.928. The lowest BCUT2D eigenvalue weighted by Crippen LogP contribution is -1.97. The highest BCUT2D eigenvalue weighted by Crippen LogP contribution is 2.35. The highest BCUT2D eigenvalue weighted by atomic mass is 79.9. The van der Waals surface area contributed by atoms with Crippen LogP contribution >= 0.6 is 27.5 Å². The SMILES string of the molecule is Cc1oc(C)c(C(Br)Cc2ccc(Cl)cc2)c1C. The van der Waals surface area contributed by atoms with E-state index < -0.39 is 0 Å². The molecule has 0 aliphatic rings. The molecule has 1 unspecified atom stereocenters. The quantitative estimate of drug-likeness (QED) is 0.675. The van der Waals surface area contributed by atoms with E-state index in [2.05, 4.69) is 35.0 Å². The topological polar surface area (TPSA) is 13.1 Å². The molecule has 2 aromatic rings. The van der Waals surface area contributed by atoms with Gasteiger partial charge < -0.3 is 4.42 Å². The van der Waals surface area contributed by atoms with E-state index in [0.717, 1.165) is 23.0 Å². The van der Waals surface area contributed by atoms with Gasteiger partial charge in [0.1, 0.15) is 11.5 Å². The maximum absolute atomic E-state index is 5.89. The molecule has 0 amide bonds. The zero-order valence-electron chi connectivity index (χ0n) is 10.8. The van der Waals surface area contributed by atoms with Gasteiger partial charge in [0, 0.05) is 15.4 Å². The van der Waals surface area contributed by atoms with Crippen molar-refractivity contribution in [1.82, 2.24) is 0 Å². The molecule has 1 atom stereocenters. The van der Waals surface area contributed by atoms with E-state index in [1.165, 1.54) is 16.7 Å². The molecule has 2 rings (SSSR count). The summed E-state index contributed by atoms with van der Waals surface area (Å²) in [5, 5.41) is 0.774. The number of rotatable bonds is 3. The van der Waals surface area contributed by atoms with Crippen molar-refractivity contribution in [3.05, 3.63) is 57.5 Å². The summed E-state index contributed by atoms with van der Waals surface area (Å²) in [5.41, 5.74) is 3.77. The molecule has 1 nitrogen and oxygen atoms in total. The Morgan fingerprint density at radius 2 is 1.72 bits per heavy atom. The van der Waals surface area contributed by atoms with Crippen LogP contribution in [-0.4, -0.2) is 0 Å². The maximum atomic E-state index is 5.89. The Bertz CT molecular complexity index is 542. The zero-order chi connectivity index (χ0) is 13.3. The Morgan fingerprint density at radius 1 is 1.11 bits per heavy atom. The summed E-state index contributed by atoms with van der Waals surface area (Å²) in [4.78, 5) is 0.274. The second kappa shape index (κ2) is 5.50. The molecule has 3 heteroatoms. The molecule has 0 N–H and O–H groups in total. The van der Waals surface area contributed by atoms with Gasteiger partial charge in [0.2, 0.25) is 0 Å². The molecule has 0 aliphatic carbocycles. The van der Waals surface area contributed by atoms with E-state index in [-0.39, 0.29) is 4.83 Å². The van der Waals surface area contributed by atoms with Crippen LogP contribution in [0.25, 0.3) is 0 Å². The van der Waals surface area contributed by atoms with Crippen molar-refractivity contribution in [1.29, 1.82) is 0 Å². The van der Waals surface area contributed by atoms with E-state index in [1.807, 2.05) is 26.0 Å². The molecule has 0 saturated carbocycles. The summed E-state index contributed by atoms with van der Waals surface area (Å²) in [5.74, 6) is 2.00. The molecule has 0 saturated heterocycles. The Hall–Kier alpha value is -0.730. The Balaban J connectivity index is 2.21. The summed E-state index contributed by atoms with van der Waals surface area (Å²) in [7, 11) is 0. The number of halogens is 2. The minimum atomic E-state index is 0.274. The summed E-state index contributed by atoms with van der Waals surface area (Å²) < 4.78 is 5.67. The van der Waals surface area contributed by atoms with Crippen LogP contribution in [0.15, 0.2) is 28.7 Å². The molecular weight excluding hydrogens is 312 g/mol. The lowest BCUT2D eigenvalue weighted by Gasteiger charge is -2.10. The van der Waals surface area contributed by atoms with Crippen LogP contribution < -0.4 is 0 Å². The van der Waals surface area contributed by atoms with Crippen LogP contribution in [0.3, 0.4) is 0 Å². The van der Waals surface area contributed by atoms with Gasteiger partial charge in [-0.2, -0.15) is 0 Å². The molecule has 1 aromatic carbocycles. The molecule has 1 heterocycles. The van der Waals surface area contributed by atoms with Gasteiger partial charge in [0.05, 0.1) is 0 Å². The molecule has 18 heavy (non-hydrogen) atoms. The van der Waals surface area contributed by atoms with E-state index >= 15 is 0 Å². The van der Waals surface area contributed by atoms with E-state index in [9.17, 15) is 0 Å². The van der Waals surface area contributed by atoms with Crippen LogP contribution in [0.5, 0.6) is 0 Å². The molecule has 1 aromatic heterocycles. The van der Waals surface area contributed by atoms with Crippen molar-refractivity contribution in [2.75, 3.05) is 0 Å². The van der Waals surface area contributed by atoms with Crippen LogP contribution in [0.4, 0.5) is 0 Å². The lowest BCUT2D eigenvalue weighted by atomic mass is 10.0. The van der Waals surface area contributed by atoms with Gasteiger partial charge in [-0.05, 0) is 50.5 Å². The summed E-state index contributed by atoms with van der Waals surface area (Å²) in [6, 6.07) is 7.98. The number of benzene rings is 1. The number of alkyl halides is 1. The average Bonchev–Trinajstić information content (AvgIpc) is 2.56. The first-order valence-electron chi connectivity index (χ1n) is 5.94. The fourth-order valence-electron chi connectivity index (χ4n) is 2.20. The molecular formula is C15H16BrClO. The number of aryl methyl sites for hydroxylation is 2. The molecule has 0 bridgehead atoms. The van der Waals surface area contributed by atoms with Crippen molar-refractivity contribution >= 4 is 27.5 Å². The van der Waals surface area contributed by atoms with Gasteiger partial charge in [-0.25, -0.2) is 0 Å². The zero-order valence-corrected chi connectivity index (χ0v) is 13.1. The number of hydrogen-bond acceptors (Lipinski definition) is 1. The van der Waals surface area contributed by atoms with E-state index in [0.29, 0.717) is 0 Å². The van der Waals surface area contributed by atoms with Crippen LogP contribution in [0, 0.1) is 20.8 Å². The van der Waals surface area contributed by atoms with Crippen molar-refractivity contribution in [2.45, 2.75) is 32.0 Å². The Kier molecular flexibility index (Phi) is 4.18.